The summed E-state index contributed by atoms with van der Waals surface area (Å²) in [6, 6.07) is 10.9. The minimum atomic E-state index is -0.950. The molecular formula is C22H24F2N4O2S. The first kappa shape index (κ1) is 22.9. The quantitative estimate of drug-likeness (QED) is 0.268. The molecule has 31 heavy (non-hydrogen) atoms. The van der Waals surface area contributed by atoms with Gasteiger partial charge in [-0.2, -0.15) is 0 Å². The van der Waals surface area contributed by atoms with Crippen molar-refractivity contribution in [2.24, 2.45) is 0 Å². The highest BCUT2D eigenvalue weighted by atomic mass is 32.2. The standard InChI is InChI=1S/C22H24F2N4O2S/c1-3-19(21(29)25-11-6-12-30-2)31-22-27-18-8-5-4-7-15(18)20(28-22)26-14-9-10-16(23)17(24)13-14/h4-5,7-10,13,19H,3,6,11-12H2,1-2H3,(H,25,29)(H,26,27,28). The summed E-state index contributed by atoms with van der Waals surface area (Å²) < 4.78 is 31.9. The Bertz CT molecular complexity index is 1050. The number of nitrogens with zero attached hydrogens (tertiary/aromatic N) is 2. The van der Waals surface area contributed by atoms with Crippen LogP contribution in [-0.2, 0) is 9.53 Å². The molecule has 9 heteroatoms. The third-order valence-corrected chi connectivity index (χ3v) is 5.73. The average molecular weight is 447 g/mol. The van der Waals surface area contributed by atoms with Crippen molar-refractivity contribution in [3.8, 4) is 0 Å². The Hall–Kier alpha value is -2.78. The summed E-state index contributed by atoms with van der Waals surface area (Å²) in [5, 5.41) is 6.73. The number of anilines is 2. The second-order valence-corrected chi connectivity index (χ2v) is 7.95. The fourth-order valence-corrected chi connectivity index (χ4v) is 3.81. The third kappa shape index (κ3) is 6.11. The van der Waals surface area contributed by atoms with Gasteiger partial charge in [0.25, 0.3) is 0 Å². The number of methoxy groups -OCH3 is 1. The molecule has 1 amide bonds. The lowest BCUT2D eigenvalue weighted by atomic mass is 10.2. The van der Waals surface area contributed by atoms with Crippen LogP contribution in [0.2, 0.25) is 0 Å². The molecule has 3 rings (SSSR count). The number of amides is 1. The number of ether oxygens (including phenoxy) is 1. The van der Waals surface area contributed by atoms with E-state index in [1.807, 2.05) is 31.2 Å². The Morgan fingerprint density at radius 3 is 2.71 bits per heavy atom. The Balaban J connectivity index is 1.83. The molecular weight excluding hydrogens is 422 g/mol. The topological polar surface area (TPSA) is 76.1 Å². The van der Waals surface area contributed by atoms with E-state index in [0.717, 1.165) is 23.9 Å². The summed E-state index contributed by atoms with van der Waals surface area (Å²) in [4.78, 5) is 21.6. The second kappa shape index (κ2) is 11.0. The summed E-state index contributed by atoms with van der Waals surface area (Å²) in [5.41, 5.74) is 1.04. The molecule has 164 valence electrons. The number of nitrogens with one attached hydrogen (secondary N) is 2. The first-order valence-corrected chi connectivity index (χ1v) is 10.8. The van der Waals surface area contributed by atoms with Crippen LogP contribution < -0.4 is 10.6 Å². The van der Waals surface area contributed by atoms with Crippen LogP contribution in [0.1, 0.15) is 19.8 Å². The normalized spacial score (nSPS) is 12.0. The van der Waals surface area contributed by atoms with Gasteiger partial charge >= 0.3 is 0 Å². The number of halogens is 2. The van der Waals surface area contributed by atoms with E-state index in [0.29, 0.717) is 41.8 Å². The number of carbonyl (C=O) groups is 1. The summed E-state index contributed by atoms with van der Waals surface area (Å²) in [6.07, 6.45) is 1.33. The molecule has 0 saturated heterocycles. The van der Waals surface area contributed by atoms with E-state index >= 15 is 0 Å². The van der Waals surface area contributed by atoms with Gasteiger partial charge in [-0.1, -0.05) is 30.8 Å². The van der Waals surface area contributed by atoms with E-state index in [9.17, 15) is 13.6 Å². The van der Waals surface area contributed by atoms with Gasteiger partial charge in [0.2, 0.25) is 5.91 Å². The van der Waals surface area contributed by atoms with Gasteiger partial charge in [-0.05, 0) is 37.1 Å². The van der Waals surface area contributed by atoms with Gasteiger partial charge in [0.15, 0.2) is 16.8 Å². The van der Waals surface area contributed by atoms with Crippen LogP contribution in [0.25, 0.3) is 10.9 Å². The van der Waals surface area contributed by atoms with Crippen LogP contribution in [0, 0.1) is 11.6 Å². The molecule has 2 aromatic carbocycles. The zero-order chi connectivity index (χ0) is 22.2. The number of para-hydroxylation sites is 1. The van der Waals surface area contributed by atoms with Crippen molar-refractivity contribution < 1.29 is 18.3 Å². The van der Waals surface area contributed by atoms with Gasteiger partial charge in [0.05, 0.1) is 10.8 Å². The molecule has 2 N–H and O–H groups in total. The van der Waals surface area contributed by atoms with Crippen LogP contribution in [-0.4, -0.2) is 41.4 Å². The maximum absolute atomic E-state index is 13.6. The number of aromatic nitrogens is 2. The monoisotopic (exact) mass is 446 g/mol. The molecule has 1 atom stereocenters. The molecule has 0 aliphatic carbocycles. The summed E-state index contributed by atoms with van der Waals surface area (Å²) in [7, 11) is 1.62. The Kier molecular flexibility index (Phi) is 8.13. The fourth-order valence-electron chi connectivity index (χ4n) is 2.91. The Morgan fingerprint density at radius 2 is 1.97 bits per heavy atom. The highest BCUT2D eigenvalue weighted by molar-refractivity contribution is 8.00. The smallest absolute Gasteiger partial charge is 0.233 e. The zero-order valence-electron chi connectivity index (χ0n) is 17.3. The first-order chi connectivity index (χ1) is 15.0. The van der Waals surface area contributed by atoms with Crippen molar-refractivity contribution in [1.82, 2.24) is 15.3 Å². The Morgan fingerprint density at radius 1 is 1.16 bits per heavy atom. The molecule has 6 nitrogen and oxygen atoms in total. The average Bonchev–Trinajstić information content (AvgIpc) is 2.77. The Labute approximate surface area is 183 Å². The van der Waals surface area contributed by atoms with Gasteiger partial charge in [0.1, 0.15) is 5.82 Å². The van der Waals surface area contributed by atoms with Gasteiger partial charge < -0.3 is 15.4 Å². The number of rotatable bonds is 10. The lowest BCUT2D eigenvalue weighted by molar-refractivity contribution is -0.120. The van der Waals surface area contributed by atoms with Crippen molar-refractivity contribution in [3.63, 3.8) is 0 Å². The highest BCUT2D eigenvalue weighted by Crippen LogP contribution is 2.30. The van der Waals surface area contributed by atoms with Crippen LogP contribution in [0.15, 0.2) is 47.6 Å². The number of benzene rings is 2. The molecule has 3 aromatic rings. The van der Waals surface area contributed by atoms with E-state index in [1.54, 1.807) is 7.11 Å². The first-order valence-electron chi connectivity index (χ1n) is 9.94. The van der Waals surface area contributed by atoms with E-state index in [4.69, 9.17) is 4.74 Å². The second-order valence-electron chi connectivity index (χ2n) is 6.78. The van der Waals surface area contributed by atoms with E-state index in [-0.39, 0.29) is 11.2 Å². The van der Waals surface area contributed by atoms with Crippen molar-refractivity contribution >= 4 is 40.1 Å². The van der Waals surface area contributed by atoms with Gasteiger partial charge in [-0.25, -0.2) is 18.7 Å². The predicted octanol–water partition coefficient (Wildman–Crippen LogP) is 4.68. The van der Waals surface area contributed by atoms with E-state index in [1.165, 1.54) is 17.8 Å². The van der Waals surface area contributed by atoms with Gasteiger partial charge in [-0.3, -0.25) is 4.79 Å². The minimum absolute atomic E-state index is 0.0875. The van der Waals surface area contributed by atoms with Crippen LogP contribution in [0.5, 0.6) is 0 Å². The lowest BCUT2D eigenvalue weighted by Crippen LogP contribution is -2.33. The van der Waals surface area contributed by atoms with Crippen molar-refractivity contribution in [1.29, 1.82) is 0 Å². The lowest BCUT2D eigenvalue weighted by Gasteiger charge is -2.15. The predicted molar refractivity (Wildman–Crippen MR) is 119 cm³/mol. The summed E-state index contributed by atoms with van der Waals surface area (Å²) in [6.45, 7) is 3.04. The number of fused-ring (bicyclic) bond motifs is 1. The summed E-state index contributed by atoms with van der Waals surface area (Å²) in [5.74, 6) is -1.50. The van der Waals surface area contributed by atoms with Crippen LogP contribution in [0.3, 0.4) is 0 Å². The summed E-state index contributed by atoms with van der Waals surface area (Å²) >= 11 is 1.27. The molecule has 1 aromatic heterocycles. The zero-order valence-corrected chi connectivity index (χ0v) is 18.1. The van der Waals surface area contributed by atoms with Crippen molar-refractivity contribution in [2.45, 2.75) is 30.2 Å². The maximum Gasteiger partial charge on any atom is 0.233 e. The van der Waals surface area contributed by atoms with E-state index in [2.05, 4.69) is 20.6 Å². The molecule has 0 spiro atoms. The van der Waals surface area contributed by atoms with Crippen molar-refractivity contribution in [3.05, 3.63) is 54.1 Å². The number of hydrogen-bond acceptors (Lipinski definition) is 6. The molecule has 0 radical (unpaired) electrons. The highest BCUT2D eigenvalue weighted by Gasteiger charge is 2.20. The van der Waals surface area contributed by atoms with Crippen LogP contribution >= 0.6 is 11.8 Å². The maximum atomic E-state index is 13.6. The minimum Gasteiger partial charge on any atom is -0.385 e. The fraction of sp³-hybridized carbons (Fsp3) is 0.318. The largest absolute Gasteiger partial charge is 0.385 e. The SMILES string of the molecule is CCC(Sc1nc(Nc2ccc(F)c(F)c2)c2ccccc2n1)C(=O)NCCCOC. The molecule has 0 aliphatic rings. The van der Waals surface area contributed by atoms with Gasteiger partial charge in [0, 0.05) is 37.4 Å². The molecule has 0 fully saturated rings. The molecule has 1 unspecified atom stereocenters. The number of hydrogen-bond donors (Lipinski definition) is 2. The number of carbonyl (C=O) groups excluding carboxylic acids is 1. The molecule has 0 saturated carbocycles. The van der Waals surface area contributed by atoms with Crippen molar-refractivity contribution in [2.75, 3.05) is 25.6 Å². The van der Waals surface area contributed by atoms with E-state index < -0.39 is 11.6 Å². The van der Waals surface area contributed by atoms with Crippen LogP contribution in [0.4, 0.5) is 20.3 Å². The number of thioether (sulfide) groups is 1. The third-order valence-electron chi connectivity index (χ3n) is 4.50. The molecule has 0 aliphatic heterocycles. The van der Waals surface area contributed by atoms with Gasteiger partial charge in [-0.15, -0.1) is 0 Å². The molecule has 1 heterocycles. The molecule has 0 bridgehead atoms.